The molecule has 5 nitrogen and oxygen atoms in total. The average Bonchev–Trinajstić information content (AvgIpc) is 2.46. The third kappa shape index (κ3) is 4.06. The van der Waals surface area contributed by atoms with Gasteiger partial charge >= 0.3 is 0 Å². The number of nitrogens with one attached hydrogen (secondary N) is 2. The molecule has 1 fully saturated rings. The van der Waals surface area contributed by atoms with E-state index in [-0.39, 0.29) is 6.10 Å². The predicted molar refractivity (Wildman–Crippen MR) is 77.4 cm³/mol. The number of aryl methyl sites for hydroxylation is 1. The molecule has 2 rings (SSSR count). The van der Waals surface area contributed by atoms with Crippen LogP contribution in [0.5, 0.6) is 0 Å². The topological polar surface area (TPSA) is 70.1 Å². The quantitative estimate of drug-likeness (QED) is 0.759. The van der Waals surface area contributed by atoms with Crippen molar-refractivity contribution >= 4 is 11.6 Å². The zero-order valence-corrected chi connectivity index (χ0v) is 11.8. The highest BCUT2D eigenvalue weighted by atomic mass is 16.3. The molecule has 0 saturated heterocycles. The van der Waals surface area contributed by atoms with Gasteiger partial charge in [-0.15, -0.1) is 0 Å². The summed E-state index contributed by atoms with van der Waals surface area (Å²) in [5.41, 5.74) is 0. The van der Waals surface area contributed by atoms with Gasteiger partial charge in [-0.3, -0.25) is 0 Å². The maximum absolute atomic E-state index is 9.50. The highest BCUT2D eigenvalue weighted by Crippen LogP contribution is 2.24. The van der Waals surface area contributed by atoms with Crippen molar-refractivity contribution in [3.05, 3.63) is 11.9 Å². The van der Waals surface area contributed by atoms with Crippen molar-refractivity contribution < 1.29 is 5.11 Å². The van der Waals surface area contributed by atoms with Crippen LogP contribution >= 0.6 is 0 Å². The van der Waals surface area contributed by atoms with Gasteiger partial charge in [-0.25, -0.2) is 9.97 Å². The fourth-order valence-electron chi connectivity index (χ4n) is 2.47. The first-order chi connectivity index (χ1) is 9.21. The van der Waals surface area contributed by atoms with E-state index in [4.69, 9.17) is 0 Å². The largest absolute Gasteiger partial charge is 0.393 e. The molecule has 1 aromatic rings. The Morgan fingerprint density at radius 3 is 2.53 bits per heavy atom. The van der Waals surface area contributed by atoms with Crippen LogP contribution < -0.4 is 10.6 Å². The van der Waals surface area contributed by atoms with Crippen LogP contribution in [0.15, 0.2) is 6.07 Å². The van der Waals surface area contributed by atoms with Crippen molar-refractivity contribution in [1.82, 2.24) is 9.97 Å². The van der Waals surface area contributed by atoms with Gasteiger partial charge in [-0.05, 0) is 31.6 Å². The summed E-state index contributed by atoms with van der Waals surface area (Å²) in [6.07, 6.45) is 4.80. The summed E-state index contributed by atoms with van der Waals surface area (Å²) in [7, 11) is 1.87. The Morgan fingerprint density at radius 1 is 1.21 bits per heavy atom. The molecule has 1 aliphatic rings. The minimum absolute atomic E-state index is 0.0853. The monoisotopic (exact) mass is 264 g/mol. The zero-order chi connectivity index (χ0) is 13.7. The third-order valence-corrected chi connectivity index (χ3v) is 3.73. The second-order valence-corrected chi connectivity index (χ2v) is 5.21. The summed E-state index contributed by atoms with van der Waals surface area (Å²) >= 11 is 0. The lowest BCUT2D eigenvalue weighted by Crippen LogP contribution is -2.24. The van der Waals surface area contributed by atoms with Gasteiger partial charge in [-0.1, -0.05) is 6.92 Å². The maximum Gasteiger partial charge on any atom is 0.132 e. The van der Waals surface area contributed by atoms with Gasteiger partial charge in [0.25, 0.3) is 0 Å². The standard InChI is InChI=1S/C14H24N4O/c1-3-12-17-13(15-2)8-14(18-12)16-9-10-4-6-11(19)7-5-10/h8,10-11,19H,3-7,9H2,1-2H3,(H2,15,16,17,18). The first-order valence-corrected chi connectivity index (χ1v) is 7.19. The van der Waals surface area contributed by atoms with Gasteiger partial charge in [0, 0.05) is 26.1 Å². The summed E-state index contributed by atoms with van der Waals surface area (Å²) in [5.74, 6) is 3.24. The zero-order valence-electron chi connectivity index (χ0n) is 11.8. The van der Waals surface area contributed by atoms with Gasteiger partial charge in [-0.2, -0.15) is 0 Å². The highest BCUT2D eigenvalue weighted by Gasteiger charge is 2.19. The van der Waals surface area contributed by atoms with Gasteiger partial charge in [0.2, 0.25) is 0 Å². The molecule has 19 heavy (non-hydrogen) atoms. The van der Waals surface area contributed by atoms with E-state index in [0.717, 1.165) is 56.1 Å². The van der Waals surface area contributed by atoms with Crippen LogP contribution in [0.1, 0.15) is 38.4 Å². The normalized spacial score (nSPS) is 23.1. The molecule has 0 radical (unpaired) electrons. The molecule has 0 spiro atoms. The summed E-state index contributed by atoms with van der Waals surface area (Å²) in [4.78, 5) is 8.87. The number of aromatic nitrogens is 2. The van der Waals surface area contributed by atoms with Crippen LogP contribution in [-0.4, -0.2) is 34.8 Å². The van der Waals surface area contributed by atoms with Crippen molar-refractivity contribution in [2.45, 2.75) is 45.1 Å². The van der Waals surface area contributed by atoms with Gasteiger partial charge in [0.05, 0.1) is 6.10 Å². The Hall–Kier alpha value is -1.36. The van der Waals surface area contributed by atoms with E-state index >= 15 is 0 Å². The van der Waals surface area contributed by atoms with Crippen molar-refractivity contribution in [3.8, 4) is 0 Å². The Bertz CT molecular complexity index is 380. The third-order valence-electron chi connectivity index (χ3n) is 3.73. The first-order valence-electron chi connectivity index (χ1n) is 7.19. The molecule has 5 heteroatoms. The predicted octanol–water partition coefficient (Wildman–Crippen LogP) is 2.04. The minimum atomic E-state index is -0.0853. The lowest BCUT2D eigenvalue weighted by Gasteiger charge is -2.25. The Kier molecular flexibility index (Phi) is 4.96. The van der Waals surface area contributed by atoms with Gasteiger partial charge < -0.3 is 15.7 Å². The average molecular weight is 264 g/mol. The molecule has 0 unspecified atom stereocenters. The molecule has 0 bridgehead atoms. The number of nitrogens with zero attached hydrogens (tertiary/aromatic N) is 2. The summed E-state index contributed by atoms with van der Waals surface area (Å²) in [6, 6.07) is 1.94. The second kappa shape index (κ2) is 6.70. The molecule has 1 aliphatic carbocycles. The van der Waals surface area contributed by atoms with Crippen LogP contribution in [0.4, 0.5) is 11.6 Å². The van der Waals surface area contributed by atoms with Crippen LogP contribution in [0.3, 0.4) is 0 Å². The van der Waals surface area contributed by atoms with Crippen LogP contribution in [0.2, 0.25) is 0 Å². The van der Waals surface area contributed by atoms with E-state index in [1.54, 1.807) is 0 Å². The molecular formula is C14H24N4O. The number of hydrogen-bond donors (Lipinski definition) is 3. The highest BCUT2D eigenvalue weighted by molar-refractivity contribution is 5.47. The lowest BCUT2D eigenvalue weighted by atomic mass is 9.87. The maximum atomic E-state index is 9.50. The summed E-state index contributed by atoms with van der Waals surface area (Å²) in [5, 5.41) is 16.0. The minimum Gasteiger partial charge on any atom is -0.393 e. The molecule has 106 valence electrons. The fraction of sp³-hybridized carbons (Fsp3) is 0.714. The van der Waals surface area contributed by atoms with Gasteiger partial charge in [0.15, 0.2) is 0 Å². The Balaban J connectivity index is 1.91. The fourth-order valence-corrected chi connectivity index (χ4v) is 2.47. The summed E-state index contributed by atoms with van der Waals surface area (Å²) < 4.78 is 0. The molecule has 0 aliphatic heterocycles. The number of anilines is 2. The van der Waals surface area contributed by atoms with Crippen LogP contribution in [0.25, 0.3) is 0 Å². The smallest absolute Gasteiger partial charge is 0.132 e. The van der Waals surface area contributed by atoms with E-state index in [2.05, 4.69) is 27.5 Å². The van der Waals surface area contributed by atoms with Crippen molar-refractivity contribution in [1.29, 1.82) is 0 Å². The number of aliphatic hydroxyl groups excluding tert-OH is 1. The van der Waals surface area contributed by atoms with Crippen LogP contribution in [0, 0.1) is 5.92 Å². The van der Waals surface area contributed by atoms with E-state index in [1.165, 1.54) is 0 Å². The van der Waals surface area contributed by atoms with Crippen molar-refractivity contribution in [3.63, 3.8) is 0 Å². The summed E-state index contributed by atoms with van der Waals surface area (Å²) in [6.45, 7) is 2.98. The van der Waals surface area contributed by atoms with E-state index in [1.807, 2.05) is 13.1 Å². The molecule has 1 aromatic heterocycles. The molecule has 0 atom stereocenters. The van der Waals surface area contributed by atoms with Gasteiger partial charge in [0.1, 0.15) is 17.5 Å². The van der Waals surface area contributed by atoms with E-state index < -0.39 is 0 Å². The number of rotatable bonds is 5. The molecule has 0 amide bonds. The van der Waals surface area contributed by atoms with Crippen molar-refractivity contribution in [2.75, 3.05) is 24.2 Å². The molecular weight excluding hydrogens is 240 g/mol. The Labute approximate surface area is 114 Å². The molecule has 3 N–H and O–H groups in total. The molecule has 1 heterocycles. The van der Waals surface area contributed by atoms with Crippen molar-refractivity contribution in [2.24, 2.45) is 5.92 Å². The van der Waals surface area contributed by atoms with E-state index in [0.29, 0.717) is 5.92 Å². The molecule has 1 saturated carbocycles. The van der Waals surface area contributed by atoms with E-state index in [9.17, 15) is 5.11 Å². The second-order valence-electron chi connectivity index (χ2n) is 5.21. The van der Waals surface area contributed by atoms with Crippen LogP contribution in [-0.2, 0) is 6.42 Å². The number of aliphatic hydroxyl groups is 1. The number of hydrogen-bond acceptors (Lipinski definition) is 5. The lowest BCUT2D eigenvalue weighted by molar-refractivity contribution is 0.111. The molecule has 0 aromatic carbocycles. The SMILES string of the molecule is CCc1nc(NC)cc(NCC2CCC(O)CC2)n1. The Morgan fingerprint density at radius 2 is 1.89 bits per heavy atom. The first kappa shape index (κ1) is 14.1.